The van der Waals surface area contributed by atoms with Gasteiger partial charge in [-0.15, -0.1) is 0 Å². The lowest BCUT2D eigenvalue weighted by molar-refractivity contribution is -0.137. The number of imidazole rings is 1. The quantitative estimate of drug-likeness (QED) is 0.743. The van der Waals surface area contributed by atoms with Crippen molar-refractivity contribution >= 4 is 11.2 Å². The van der Waals surface area contributed by atoms with Gasteiger partial charge in [-0.3, -0.25) is 0 Å². The van der Waals surface area contributed by atoms with Crippen LogP contribution >= 0.6 is 0 Å². The Bertz CT molecular complexity index is 794. The topological polar surface area (TPSA) is 39.9 Å². The number of ether oxygens (including phenoxy) is 1. The predicted molar refractivity (Wildman–Crippen MR) is 74.6 cm³/mol. The van der Waals surface area contributed by atoms with Gasteiger partial charge in [0.1, 0.15) is 11.3 Å². The standard InChI is InChI=1S/C15H12F3N3O/c1-22-12-4-2-10(3-5-12)8-21-9-20-13-6-11(15(16,17)18)7-19-14(13)21/h2-7,9H,8H2,1H3. The first-order valence-corrected chi connectivity index (χ1v) is 6.48. The summed E-state index contributed by atoms with van der Waals surface area (Å²) in [6.45, 7) is 0.471. The fraction of sp³-hybridized carbons (Fsp3) is 0.200. The summed E-state index contributed by atoms with van der Waals surface area (Å²) in [6.07, 6.45) is -2.10. The minimum Gasteiger partial charge on any atom is -0.497 e. The number of hydrogen-bond donors (Lipinski definition) is 0. The van der Waals surface area contributed by atoms with Crippen LogP contribution in [0.4, 0.5) is 13.2 Å². The van der Waals surface area contributed by atoms with Gasteiger partial charge >= 0.3 is 6.18 Å². The number of benzene rings is 1. The van der Waals surface area contributed by atoms with E-state index < -0.39 is 11.7 Å². The second-order valence-corrected chi connectivity index (χ2v) is 4.79. The lowest BCUT2D eigenvalue weighted by Crippen LogP contribution is -2.06. The van der Waals surface area contributed by atoms with E-state index in [1.165, 1.54) is 6.33 Å². The Kier molecular flexibility index (Phi) is 3.48. The van der Waals surface area contributed by atoms with E-state index in [0.29, 0.717) is 12.2 Å². The van der Waals surface area contributed by atoms with Crippen molar-refractivity contribution in [1.82, 2.24) is 14.5 Å². The summed E-state index contributed by atoms with van der Waals surface area (Å²) in [5.74, 6) is 0.743. The van der Waals surface area contributed by atoms with Gasteiger partial charge in [-0.05, 0) is 23.8 Å². The van der Waals surface area contributed by atoms with E-state index in [4.69, 9.17) is 4.74 Å². The van der Waals surface area contributed by atoms with Crippen LogP contribution in [0, 0.1) is 0 Å². The van der Waals surface area contributed by atoms with Gasteiger partial charge in [0.25, 0.3) is 0 Å². The zero-order valence-corrected chi connectivity index (χ0v) is 11.6. The highest BCUT2D eigenvalue weighted by Gasteiger charge is 2.31. The minimum atomic E-state index is -4.42. The molecule has 0 saturated carbocycles. The van der Waals surface area contributed by atoms with Crippen LogP contribution in [0.1, 0.15) is 11.1 Å². The van der Waals surface area contributed by atoms with Gasteiger partial charge in [-0.1, -0.05) is 12.1 Å². The van der Waals surface area contributed by atoms with E-state index in [-0.39, 0.29) is 5.52 Å². The Morgan fingerprint density at radius 2 is 1.86 bits per heavy atom. The van der Waals surface area contributed by atoms with E-state index in [1.54, 1.807) is 11.7 Å². The molecule has 4 nitrogen and oxygen atoms in total. The van der Waals surface area contributed by atoms with E-state index in [0.717, 1.165) is 23.6 Å². The SMILES string of the molecule is COc1ccc(Cn2cnc3cc(C(F)(F)F)cnc32)cc1. The molecule has 22 heavy (non-hydrogen) atoms. The zero-order chi connectivity index (χ0) is 15.7. The van der Waals surface area contributed by atoms with Gasteiger partial charge in [-0.25, -0.2) is 9.97 Å². The Hall–Kier alpha value is -2.57. The molecule has 0 N–H and O–H groups in total. The highest BCUT2D eigenvalue weighted by molar-refractivity contribution is 5.71. The minimum absolute atomic E-state index is 0.225. The second kappa shape index (κ2) is 5.32. The van der Waals surface area contributed by atoms with E-state index >= 15 is 0 Å². The van der Waals surface area contributed by atoms with Gasteiger partial charge < -0.3 is 9.30 Å². The molecule has 3 aromatic rings. The molecule has 0 unspecified atom stereocenters. The third kappa shape index (κ3) is 2.74. The lowest BCUT2D eigenvalue weighted by atomic mass is 10.2. The second-order valence-electron chi connectivity index (χ2n) is 4.79. The molecule has 0 spiro atoms. The molecule has 114 valence electrons. The van der Waals surface area contributed by atoms with Crippen LogP contribution in [0.3, 0.4) is 0 Å². The van der Waals surface area contributed by atoms with Crippen molar-refractivity contribution in [3.05, 3.63) is 54.0 Å². The first-order valence-electron chi connectivity index (χ1n) is 6.48. The fourth-order valence-electron chi connectivity index (χ4n) is 2.15. The van der Waals surface area contributed by atoms with Crippen molar-refractivity contribution in [2.75, 3.05) is 7.11 Å². The van der Waals surface area contributed by atoms with Gasteiger partial charge in [0.15, 0.2) is 5.65 Å². The van der Waals surface area contributed by atoms with Crippen LogP contribution in [0.2, 0.25) is 0 Å². The summed E-state index contributed by atoms with van der Waals surface area (Å²) in [4.78, 5) is 7.89. The molecule has 0 radical (unpaired) electrons. The van der Waals surface area contributed by atoms with Crippen molar-refractivity contribution in [3.63, 3.8) is 0 Å². The largest absolute Gasteiger partial charge is 0.497 e. The Morgan fingerprint density at radius 3 is 2.50 bits per heavy atom. The summed E-state index contributed by atoms with van der Waals surface area (Å²) in [5, 5.41) is 0. The van der Waals surface area contributed by atoms with Crippen LogP contribution in [0.25, 0.3) is 11.2 Å². The molecule has 0 aliphatic heterocycles. The summed E-state index contributed by atoms with van der Waals surface area (Å²) in [7, 11) is 1.58. The Labute approximate surface area is 124 Å². The maximum atomic E-state index is 12.7. The normalized spacial score (nSPS) is 11.8. The molecular formula is C15H12F3N3O. The number of fused-ring (bicyclic) bond motifs is 1. The van der Waals surface area contributed by atoms with Crippen molar-refractivity contribution in [2.45, 2.75) is 12.7 Å². The number of rotatable bonds is 3. The molecule has 0 saturated heterocycles. The first-order chi connectivity index (χ1) is 10.5. The van der Waals surface area contributed by atoms with Crippen molar-refractivity contribution in [1.29, 1.82) is 0 Å². The van der Waals surface area contributed by atoms with Crippen LogP contribution in [-0.4, -0.2) is 21.6 Å². The maximum absolute atomic E-state index is 12.7. The highest BCUT2D eigenvalue weighted by atomic mass is 19.4. The molecule has 0 atom stereocenters. The summed E-state index contributed by atoms with van der Waals surface area (Å²) in [5.41, 5.74) is 0.823. The van der Waals surface area contributed by atoms with Crippen molar-refractivity contribution in [3.8, 4) is 5.75 Å². The van der Waals surface area contributed by atoms with Crippen LogP contribution < -0.4 is 4.74 Å². The number of halogens is 3. The monoisotopic (exact) mass is 307 g/mol. The number of aromatic nitrogens is 3. The van der Waals surface area contributed by atoms with E-state index in [9.17, 15) is 13.2 Å². The molecule has 0 fully saturated rings. The average Bonchev–Trinajstić information content (AvgIpc) is 2.89. The third-order valence-corrected chi connectivity index (χ3v) is 3.29. The van der Waals surface area contributed by atoms with Crippen molar-refractivity contribution in [2.24, 2.45) is 0 Å². The number of alkyl halides is 3. The number of pyridine rings is 1. The molecular weight excluding hydrogens is 295 g/mol. The molecule has 0 aliphatic rings. The van der Waals surface area contributed by atoms with Gasteiger partial charge in [0.05, 0.1) is 25.5 Å². The molecule has 0 amide bonds. The zero-order valence-electron chi connectivity index (χ0n) is 11.6. The van der Waals surface area contributed by atoms with Crippen LogP contribution in [0.15, 0.2) is 42.9 Å². The van der Waals surface area contributed by atoms with Gasteiger partial charge in [0.2, 0.25) is 0 Å². The third-order valence-electron chi connectivity index (χ3n) is 3.29. The predicted octanol–water partition coefficient (Wildman–Crippen LogP) is 3.51. The van der Waals surface area contributed by atoms with E-state index in [2.05, 4.69) is 9.97 Å². The fourth-order valence-corrected chi connectivity index (χ4v) is 2.15. The molecule has 0 aliphatic carbocycles. The van der Waals surface area contributed by atoms with Crippen LogP contribution in [0.5, 0.6) is 5.75 Å². The molecule has 1 aromatic carbocycles. The van der Waals surface area contributed by atoms with Gasteiger partial charge in [0, 0.05) is 6.20 Å². The number of hydrogen-bond acceptors (Lipinski definition) is 3. The smallest absolute Gasteiger partial charge is 0.417 e. The molecule has 7 heteroatoms. The van der Waals surface area contributed by atoms with Crippen LogP contribution in [-0.2, 0) is 12.7 Å². The molecule has 0 bridgehead atoms. The maximum Gasteiger partial charge on any atom is 0.417 e. The molecule has 2 aromatic heterocycles. The summed E-state index contributed by atoms with van der Waals surface area (Å²) < 4.78 is 44.8. The Balaban J connectivity index is 1.91. The van der Waals surface area contributed by atoms with Crippen molar-refractivity contribution < 1.29 is 17.9 Å². The molecule has 2 heterocycles. The number of methoxy groups -OCH3 is 1. The summed E-state index contributed by atoms with van der Waals surface area (Å²) in [6, 6.07) is 8.42. The first kappa shape index (κ1) is 14.4. The summed E-state index contributed by atoms with van der Waals surface area (Å²) >= 11 is 0. The van der Waals surface area contributed by atoms with Gasteiger partial charge in [-0.2, -0.15) is 13.2 Å². The highest BCUT2D eigenvalue weighted by Crippen LogP contribution is 2.30. The Morgan fingerprint density at radius 1 is 1.14 bits per heavy atom. The lowest BCUT2D eigenvalue weighted by Gasteiger charge is -2.07. The molecule has 3 rings (SSSR count). The average molecular weight is 307 g/mol. The van der Waals surface area contributed by atoms with E-state index in [1.807, 2.05) is 24.3 Å². The number of nitrogens with zero attached hydrogens (tertiary/aromatic N) is 3.